The monoisotopic (exact) mass is 266 g/mol. The number of anilines is 1. The third kappa shape index (κ3) is 2.89. The first-order valence-corrected chi connectivity index (χ1v) is 6.16. The summed E-state index contributed by atoms with van der Waals surface area (Å²) in [4.78, 5) is 26.8. The van der Waals surface area contributed by atoms with Crippen LogP contribution >= 0.6 is 0 Å². The first-order valence-electron chi connectivity index (χ1n) is 6.16. The Hall–Kier alpha value is -1.98. The number of amides is 1. The Morgan fingerprint density at radius 1 is 1.42 bits per heavy atom. The molecule has 1 fully saturated rings. The van der Waals surface area contributed by atoms with Crippen LogP contribution in [0.2, 0.25) is 0 Å². The number of aromatic nitrogens is 1. The molecule has 0 aliphatic heterocycles. The number of hydrogen-bond acceptors (Lipinski definition) is 3. The molecular weight excluding hydrogens is 251 g/mol. The van der Waals surface area contributed by atoms with Gasteiger partial charge in [0.25, 0.3) is 0 Å². The molecule has 1 aliphatic rings. The molecule has 2 N–H and O–H groups in total. The molecule has 6 heteroatoms. The molecule has 19 heavy (non-hydrogen) atoms. The number of nitrogens with zero attached hydrogens (tertiary/aromatic N) is 1. The third-order valence-electron chi connectivity index (χ3n) is 3.56. The van der Waals surface area contributed by atoms with Crippen LogP contribution in [-0.2, 0) is 9.59 Å². The second-order valence-electron chi connectivity index (χ2n) is 4.87. The maximum absolute atomic E-state index is 13.3. The molecule has 0 unspecified atom stereocenters. The summed E-state index contributed by atoms with van der Waals surface area (Å²) < 4.78 is 13.3. The van der Waals surface area contributed by atoms with Gasteiger partial charge in [-0.2, -0.15) is 0 Å². The fourth-order valence-corrected chi connectivity index (χ4v) is 2.50. The molecule has 0 saturated heterocycles. The highest BCUT2D eigenvalue weighted by molar-refractivity contribution is 5.94. The minimum absolute atomic E-state index is 0.0264. The van der Waals surface area contributed by atoms with E-state index in [-0.39, 0.29) is 12.1 Å². The first kappa shape index (κ1) is 13.5. The molecule has 0 spiro atoms. The Labute approximate surface area is 109 Å². The molecule has 1 saturated carbocycles. The molecule has 0 atom stereocenters. The number of carboxylic acids is 1. The largest absolute Gasteiger partial charge is 0.481 e. The fraction of sp³-hybridized carbons (Fsp3) is 0.462. The number of rotatable bonds is 4. The molecule has 0 bridgehead atoms. The van der Waals surface area contributed by atoms with Gasteiger partial charge in [-0.1, -0.05) is 12.8 Å². The van der Waals surface area contributed by atoms with Crippen molar-refractivity contribution in [2.24, 2.45) is 5.41 Å². The van der Waals surface area contributed by atoms with Crippen LogP contribution in [0.3, 0.4) is 0 Å². The maximum atomic E-state index is 13.3. The second kappa shape index (κ2) is 5.34. The normalized spacial score (nSPS) is 17.1. The molecule has 5 nitrogen and oxygen atoms in total. The Morgan fingerprint density at radius 3 is 2.68 bits per heavy atom. The van der Waals surface area contributed by atoms with E-state index in [1.807, 2.05) is 0 Å². The van der Waals surface area contributed by atoms with Crippen LogP contribution in [0.4, 0.5) is 10.1 Å². The van der Waals surface area contributed by atoms with E-state index in [9.17, 15) is 19.1 Å². The maximum Gasteiger partial charge on any atom is 0.310 e. The Morgan fingerprint density at radius 2 is 2.11 bits per heavy atom. The summed E-state index contributed by atoms with van der Waals surface area (Å²) in [5.41, 5.74) is -0.966. The van der Waals surface area contributed by atoms with Crippen LogP contribution in [0, 0.1) is 11.2 Å². The number of carbonyl (C=O) groups is 2. The number of nitrogens with one attached hydrogen (secondary N) is 1. The lowest BCUT2D eigenvalue weighted by Gasteiger charge is -2.22. The average Bonchev–Trinajstić information content (AvgIpc) is 2.82. The fourth-order valence-electron chi connectivity index (χ4n) is 2.50. The molecule has 1 amide bonds. The highest BCUT2D eigenvalue weighted by Crippen LogP contribution is 2.41. The van der Waals surface area contributed by atoms with E-state index in [1.165, 1.54) is 12.3 Å². The van der Waals surface area contributed by atoms with Crippen molar-refractivity contribution in [3.05, 3.63) is 24.3 Å². The van der Waals surface area contributed by atoms with Crippen molar-refractivity contribution in [3.8, 4) is 0 Å². The lowest BCUT2D eigenvalue weighted by atomic mass is 9.82. The van der Waals surface area contributed by atoms with E-state index in [0.29, 0.717) is 12.8 Å². The van der Waals surface area contributed by atoms with E-state index in [2.05, 4.69) is 10.3 Å². The van der Waals surface area contributed by atoms with E-state index < -0.39 is 23.1 Å². The van der Waals surface area contributed by atoms with Gasteiger partial charge >= 0.3 is 5.97 Å². The third-order valence-corrected chi connectivity index (χ3v) is 3.56. The zero-order chi connectivity index (χ0) is 13.9. The molecule has 0 radical (unpaired) electrons. The van der Waals surface area contributed by atoms with Crippen molar-refractivity contribution in [2.75, 3.05) is 5.32 Å². The molecule has 102 valence electrons. The molecule has 2 rings (SSSR count). The molecule has 1 aliphatic carbocycles. The summed E-state index contributed by atoms with van der Waals surface area (Å²) in [5, 5.41) is 11.7. The smallest absolute Gasteiger partial charge is 0.310 e. The minimum Gasteiger partial charge on any atom is -0.481 e. The second-order valence-corrected chi connectivity index (χ2v) is 4.87. The Bertz CT molecular complexity index is 498. The summed E-state index contributed by atoms with van der Waals surface area (Å²) in [6.45, 7) is 0. The summed E-state index contributed by atoms with van der Waals surface area (Å²) >= 11 is 0. The van der Waals surface area contributed by atoms with Crippen LogP contribution < -0.4 is 5.32 Å². The van der Waals surface area contributed by atoms with Gasteiger partial charge in [0.15, 0.2) is 5.82 Å². The van der Waals surface area contributed by atoms with Crippen molar-refractivity contribution >= 4 is 17.6 Å². The van der Waals surface area contributed by atoms with Gasteiger partial charge < -0.3 is 10.4 Å². The van der Waals surface area contributed by atoms with Gasteiger partial charge in [0.2, 0.25) is 5.91 Å². The lowest BCUT2D eigenvalue weighted by Crippen LogP contribution is -2.32. The van der Waals surface area contributed by atoms with Gasteiger partial charge in [0.05, 0.1) is 17.3 Å². The van der Waals surface area contributed by atoms with E-state index in [0.717, 1.165) is 19.0 Å². The van der Waals surface area contributed by atoms with Crippen molar-refractivity contribution < 1.29 is 19.1 Å². The van der Waals surface area contributed by atoms with Gasteiger partial charge in [0.1, 0.15) is 0 Å². The molecule has 1 aromatic heterocycles. The number of carboxylic acid groups (broad SMARTS) is 1. The minimum atomic E-state index is -0.992. The molecule has 1 heterocycles. The van der Waals surface area contributed by atoms with E-state index >= 15 is 0 Å². The lowest BCUT2D eigenvalue weighted by molar-refractivity contribution is -0.150. The number of aliphatic carboxylic acids is 1. The summed E-state index contributed by atoms with van der Waals surface area (Å²) in [5.74, 6) is -2.06. The average molecular weight is 266 g/mol. The number of pyridine rings is 1. The van der Waals surface area contributed by atoms with Crippen LogP contribution in [0.25, 0.3) is 0 Å². The quantitative estimate of drug-likeness (QED) is 0.875. The van der Waals surface area contributed by atoms with Gasteiger partial charge in [0, 0.05) is 12.6 Å². The van der Waals surface area contributed by atoms with Crippen LogP contribution in [0.15, 0.2) is 18.5 Å². The van der Waals surface area contributed by atoms with Gasteiger partial charge in [-0.25, -0.2) is 4.39 Å². The van der Waals surface area contributed by atoms with E-state index in [4.69, 9.17) is 0 Å². The molecular formula is C13H15FN2O3. The van der Waals surface area contributed by atoms with Crippen molar-refractivity contribution in [2.45, 2.75) is 32.1 Å². The topological polar surface area (TPSA) is 79.3 Å². The number of halogens is 1. The van der Waals surface area contributed by atoms with Crippen LogP contribution in [0.5, 0.6) is 0 Å². The Kier molecular flexibility index (Phi) is 3.78. The van der Waals surface area contributed by atoms with Crippen LogP contribution in [-0.4, -0.2) is 22.0 Å². The summed E-state index contributed by atoms with van der Waals surface area (Å²) in [6.07, 6.45) is 4.85. The highest BCUT2D eigenvalue weighted by atomic mass is 19.1. The molecule has 0 aromatic carbocycles. The summed E-state index contributed by atoms with van der Waals surface area (Å²) in [7, 11) is 0. The van der Waals surface area contributed by atoms with E-state index in [1.54, 1.807) is 0 Å². The van der Waals surface area contributed by atoms with Crippen molar-refractivity contribution in [1.82, 2.24) is 4.98 Å². The first-order chi connectivity index (χ1) is 9.03. The predicted octanol–water partition coefficient (Wildman–Crippen LogP) is 2.19. The van der Waals surface area contributed by atoms with Gasteiger partial charge in [-0.3, -0.25) is 14.6 Å². The predicted molar refractivity (Wildman–Crippen MR) is 66.0 cm³/mol. The van der Waals surface area contributed by atoms with Crippen molar-refractivity contribution in [3.63, 3.8) is 0 Å². The SMILES string of the molecule is O=C(CC1(C(=O)O)CCCC1)Nc1ccncc1F. The van der Waals surface area contributed by atoms with Gasteiger partial charge in [-0.05, 0) is 18.9 Å². The number of hydrogen-bond donors (Lipinski definition) is 2. The zero-order valence-corrected chi connectivity index (χ0v) is 10.4. The zero-order valence-electron chi connectivity index (χ0n) is 10.4. The van der Waals surface area contributed by atoms with Crippen molar-refractivity contribution in [1.29, 1.82) is 0 Å². The van der Waals surface area contributed by atoms with Gasteiger partial charge in [-0.15, -0.1) is 0 Å². The standard InChI is InChI=1S/C13H15FN2O3/c14-9-8-15-6-3-10(9)16-11(17)7-13(12(18)19)4-1-2-5-13/h3,6,8H,1-2,4-5,7H2,(H,18,19)(H,15,16,17). The molecule has 1 aromatic rings. The summed E-state index contributed by atoms with van der Waals surface area (Å²) in [6, 6.07) is 1.34. The number of carbonyl (C=O) groups excluding carboxylic acids is 1. The highest BCUT2D eigenvalue weighted by Gasteiger charge is 2.43. The van der Waals surface area contributed by atoms with Crippen LogP contribution in [0.1, 0.15) is 32.1 Å². The Balaban J connectivity index is 2.05.